The lowest BCUT2D eigenvalue weighted by molar-refractivity contribution is -0.0152. The zero-order valence-corrected chi connectivity index (χ0v) is 9.16. The summed E-state index contributed by atoms with van der Waals surface area (Å²) in [5.74, 6) is 1.76. The molecule has 3 aliphatic carbocycles. The second-order valence-corrected chi connectivity index (χ2v) is 5.36. The molecule has 3 N–H and O–H groups in total. The Morgan fingerprint density at radius 2 is 2.36 bits per heavy atom. The van der Waals surface area contributed by atoms with E-state index in [1.807, 2.05) is 0 Å². The summed E-state index contributed by atoms with van der Waals surface area (Å²) < 4.78 is 0. The highest BCUT2D eigenvalue weighted by atomic mass is 16.3. The number of hydrogen-bond acceptors (Lipinski definition) is 2. The van der Waals surface area contributed by atoms with Gasteiger partial charge in [-0.3, -0.25) is 0 Å². The lowest BCUT2D eigenvalue weighted by Crippen LogP contribution is -2.50. The van der Waals surface area contributed by atoms with E-state index in [1.54, 1.807) is 0 Å². The summed E-state index contributed by atoms with van der Waals surface area (Å²) >= 11 is 0. The molecule has 2 heteroatoms. The number of aliphatic hydroxyl groups excluding tert-OH is 1. The molecule has 0 amide bonds. The van der Waals surface area contributed by atoms with E-state index in [1.165, 1.54) is 18.4 Å². The Hall–Kier alpha value is -0.340. The number of rotatable bonds is 3. The van der Waals surface area contributed by atoms with Crippen molar-refractivity contribution in [1.82, 2.24) is 0 Å². The van der Waals surface area contributed by atoms with Crippen molar-refractivity contribution in [3.8, 4) is 0 Å². The van der Waals surface area contributed by atoms with Gasteiger partial charge in [0.15, 0.2) is 0 Å². The van der Waals surface area contributed by atoms with Gasteiger partial charge in [-0.1, -0.05) is 25.5 Å². The molecule has 0 aromatic rings. The first-order valence-electron chi connectivity index (χ1n) is 5.62. The maximum atomic E-state index is 9.26. The van der Waals surface area contributed by atoms with Gasteiger partial charge in [0.05, 0.1) is 6.61 Å². The fourth-order valence-corrected chi connectivity index (χ4v) is 3.17. The van der Waals surface area contributed by atoms with Crippen molar-refractivity contribution in [1.29, 1.82) is 0 Å². The molecule has 3 atom stereocenters. The highest BCUT2D eigenvalue weighted by Gasteiger charge is 2.51. The topological polar surface area (TPSA) is 46.2 Å². The lowest BCUT2D eigenvalue weighted by Gasteiger charge is -2.57. The Morgan fingerprint density at radius 1 is 1.64 bits per heavy atom. The third-order valence-electron chi connectivity index (χ3n) is 4.49. The Bertz CT molecular complexity index is 253. The van der Waals surface area contributed by atoms with Crippen molar-refractivity contribution < 1.29 is 5.11 Å². The SMILES string of the molecule is CC1(C)C2CC=C(C(CN)CO)C1C2. The van der Waals surface area contributed by atoms with Gasteiger partial charge in [0.1, 0.15) is 0 Å². The summed E-state index contributed by atoms with van der Waals surface area (Å²) in [5.41, 5.74) is 7.57. The molecule has 0 radical (unpaired) electrons. The average molecular weight is 195 g/mol. The molecule has 0 saturated heterocycles. The van der Waals surface area contributed by atoms with Gasteiger partial charge in [-0.2, -0.15) is 0 Å². The molecule has 2 nitrogen and oxygen atoms in total. The van der Waals surface area contributed by atoms with Crippen LogP contribution in [0.25, 0.3) is 0 Å². The van der Waals surface area contributed by atoms with Crippen LogP contribution in [-0.4, -0.2) is 18.3 Å². The van der Waals surface area contributed by atoms with E-state index in [0.29, 0.717) is 17.9 Å². The molecule has 14 heavy (non-hydrogen) atoms. The summed E-state index contributed by atoms with van der Waals surface area (Å²) in [5, 5.41) is 9.26. The molecule has 0 spiro atoms. The van der Waals surface area contributed by atoms with Crippen LogP contribution < -0.4 is 5.73 Å². The van der Waals surface area contributed by atoms with E-state index in [0.717, 1.165) is 5.92 Å². The van der Waals surface area contributed by atoms with Gasteiger partial charge < -0.3 is 10.8 Å². The second kappa shape index (κ2) is 3.35. The van der Waals surface area contributed by atoms with Crippen LogP contribution in [0.15, 0.2) is 11.6 Å². The van der Waals surface area contributed by atoms with Gasteiger partial charge in [0.2, 0.25) is 0 Å². The average Bonchev–Trinajstić information content (AvgIpc) is 2.19. The molecule has 1 fully saturated rings. The zero-order valence-electron chi connectivity index (χ0n) is 9.16. The zero-order chi connectivity index (χ0) is 10.3. The standard InChI is InChI=1S/C12H21NO/c1-12(2)9-3-4-10(11(12)5-9)8(6-13)7-14/h4,8-9,11,14H,3,5-7,13H2,1-2H3. The van der Waals surface area contributed by atoms with Gasteiger partial charge >= 0.3 is 0 Å². The second-order valence-electron chi connectivity index (χ2n) is 5.36. The highest BCUT2D eigenvalue weighted by molar-refractivity contribution is 5.25. The number of allylic oxidation sites excluding steroid dienone is 1. The normalized spacial score (nSPS) is 35.9. The third-order valence-corrected chi connectivity index (χ3v) is 4.49. The van der Waals surface area contributed by atoms with E-state index in [-0.39, 0.29) is 12.5 Å². The number of hydrogen-bond donors (Lipinski definition) is 2. The van der Waals surface area contributed by atoms with Crippen molar-refractivity contribution in [3.05, 3.63) is 11.6 Å². The van der Waals surface area contributed by atoms with Gasteiger partial charge in [0.25, 0.3) is 0 Å². The lowest BCUT2D eigenvalue weighted by atomic mass is 9.47. The molecular formula is C12H21NO. The Balaban J connectivity index is 2.17. The molecule has 0 heterocycles. The quantitative estimate of drug-likeness (QED) is 0.671. The largest absolute Gasteiger partial charge is 0.396 e. The minimum absolute atomic E-state index is 0.208. The van der Waals surface area contributed by atoms with Gasteiger partial charge in [-0.05, 0) is 30.1 Å². The first-order chi connectivity index (χ1) is 6.61. The number of nitrogens with two attached hydrogens (primary N) is 1. The van der Waals surface area contributed by atoms with Crippen LogP contribution in [0.4, 0.5) is 0 Å². The maximum Gasteiger partial charge on any atom is 0.0508 e. The molecule has 0 aromatic carbocycles. The molecule has 3 unspecified atom stereocenters. The van der Waals surface area contributed by atoms with E-state index in [2.05, 4.69) is 19.9 Å². The molecular weight excluding hydrogens is 174 g/mol. The molecule has 3 aliphatic rings. The number of fused-ring (bicyclic) bond motifs is 1. The van der Waals surface area contributed by atoms with Gasteiger partial charge in [0, 0.05) is 12.5 Å². The van der Waals surface area contributed by atoms with Crippen LogP contribution in [0.5, 0.6) is 0 Å². The minimum atomic E-state index is 0.208. The van der Waals surface area contributed by atoms with Crippen molar-refractivity contribution in [3.63, 3.8) is 0 Å². The third kappa shape index (κ3) is 1.24. The first-order valence-corrected chi connectivity index (χ1v) is 5.62. The van der Waals surface area contributed by atoms with Crippen LogP contribution >= 0.6 is 0 Å². The van der Waals surface area contributed by atoms with E-state index in [9.17, 15) is 5.11 Å². The fourth-order valence-electron chi connectivity index (χ4n) is 3.17. The van der Waals surface area contributed by atoms with Crippen LogP contribution in [0.2, 0.25) is 0 Å². The van der Waals surface area contributed by atoms with Crippen molar-refractivity contribution in [2.75, 3.05) is 13.2 Å². The predicted octanol–water partition coefficient (Wildman–Crippen LogP) is 1.55. The maximum absolute atomic E-state index is 9.26. The van der Waals surface area contributed by atoms with Crippen molar-refractivity contribution >= 4 is 0 Å². The Kier molecular flexibility index (Phi) is 2.44. The summed E-state index contributed by atoms with van der Waals surface area (Å²) in [6.07, 6.45) is 4.84. The van der Waals surface area contributed by atoms with Crippen LogP contribution in [-0.2, 0) is 0 Å². The molecule has 2 bridgehead atoms. The first kappa shape index (κ1) is 10.2. The molecule has 80 valence electrons. The van der Waals surface area contributed by atoms with E-state index >= 15 is 0 Å². The van der Waals surface area contributed by atoms with E-state index in [4.69, 9.17) is 5.73 Å². The minimum Gasteiger partial charge on any atom is -0.396 e. The van der Waals surface area contributed by atoms with Crippen molar-refractivity contribution in [2.24, 2.45) is 28.9 Å². The summed E-state index contributed by atoms with van der Waals surface area (Å²) in [6, 6.07) is 0. The van der Waals surface area contributed by atoms with Crippen LogP contribution in [0, 0.1) is 23.2 Å². The van der Waals surface area contributed by atoms with Crippen molar-refractivity contribution in [2.45, 2.75) is 26.7 Å². The van der Waals surface area contributed by atoms with Crippen LogP contribution in [0.1, 0.15) is 26.7 Å². The van der Waals surface area contributed by atoms with E-state index < -0.39 is 0 Å². The predicted molar refractivity (Wildman–Crippen MR) is 57.7 cm³/mol. The summed E-state index contributed by atoms with van der Waals surface area (Å²) in [6.45, 7) is 5.49. The summed E-state index contributed by atoms with van der Waals surface area (Å²) in [4.78, 5) is 0. The molecule has 0 aromatic heterocycles. The Labute approximate surface area is 86.2 Å². The molecule has 1 saturated carbocycles. The van der Waals surface area contributed by atoms with Gasteiger partial charge in [-0.15, -0.1) is 0 Å². The molecule has 3 rings (SSSR count). The highest BCUT2D eigenvalue weighted by Crippen LogP contribution is 2.60. The van der Waals surface area contributed by atoms with Crippen LogP contribution in [0.3, 0.4) is 0 Å². The fraction of sp³-hybridized carbons (Fsp3) is 0.833. The monoisotopic (exact) mass is 195 g/mol. The number of aliphatic hydroxyl groups is 1. The summed E-state index contributed by atoms with van der Waals surface area (Å²) in [7, 11) is 0. The molecule has 0 aliphatic heterocycles. The Morgan fingerprint density at radius 3 is 2.79 bits per heavy atom. The van der Waals surface area contributed by atoms with Gasteiger partial charge in [-0.25, -0.2) is 0 Å². The smallest absolute Gasteiger partial charge is 0.0508 e.